The number of hydrogen-bond acceptors (Lipinski definition) is 4. The number of aryl methyl sites for hydroxylation is 1. The van der Waals surface area contributed by atoms with Gasteiger partial charge in [0.2, 0.25) is 0 Å². The summed E-state index contributed by atoms with van der Waals surface area (Å²) in [7, 11) is 1.41. The van der Waals surface area contributed by atoms with Gasteiger partial charge in [-0.3, -0.25) is 4.79 Å². The van der Waals surface area contributed by atoms with Crippen molar-refractivity contribution in [2.24, 2.45) is 0 Å². The second-order valence-electron chi connectivity index (χ2n) is 2.97. The smallest absolute Gasteiger partial charge is 0.306 e. The first-order valence-electron chi connectivity index (χ1n) is 4.41. The molecule has 1 rings (SSSR count). The Morgan fingerprint density at radius 3 is 3.00 bits per heavy atom. The van der Waals surface area contributed by atoms with Crippen molar-refractivity contribution < 1.29 is 13.9 Å². The lowest BCUT2D eigenvalue weighted by atomic mass is 10.4. The molecule has 0 spiro atoms. The van der Waals surface area contributed by atoms with Crippen LogP contribution in [0.1, 0.15) is 17.7 Å². The number of hydrogen-bond donors (Lipinski definition) is 0. The summed E-state index contributed by atoms with van der Waals surface area (Å²) in [5.41, 5.74) is 1.13. The lowest BCUT2D eigenvalue weighted by Gasteiger charge is -1.98. The Balaban J connectivity index is 2.13. The highest BCUT2D eigenvalue weighted by Gasteiger charge is 2.02. The largest absolute Gasteiger partial charge is 0.469 e. The lowest BCUT2D eigenvalue weighted by Crippen LogP contribution is -2.01. The van der Waals surface area contributed by atoms with Crippen LogP contribution < -0.4 is 0 Å². The highest BCUT2D eigenvalue weighted by molar-refractivity contribution is 7.98. The maximum atomic E-state index is 10.8. The van der Waals surface area contributed by atoms with E-state index < -0.39 is 0 Å². The van der Waals surface area contributed by atoms with Crippen molar-refractivity contribution in [3.05, 3.63) is 23.7 Å². The summed E-state index contributed by atoms with van der Waals surface area (Å²) < 4.78 is 9.79. The summed E-state index contributed by atoms with van der Waals surface area (Å²) in [6.07, 6.45) is 2.19. The maximum absolute atomic E-state index is 10.8. The summed E-state index contributed by atoms with van der Waals surface area (Å²) in [4.78, 5) is 10.8. The Bertz CT molecular complexity index is 293. The Labute approximate surface area is 87.8 Å². The normalized spacial score (nSPS) is 10.1. The maximum Gasteiger partial charge on any atom is 0.306 e. The fourth-order valence-corrected chi connectivity index (χ4v) is 1.80. The lowest BCUT2D eigenvalue weighted by molar-refractivity contribution is -0.140. The van der Waals surface area contributed by atoms with Gasteiger partial charge >= 0.3 is 5.97 Å². The van der Waals surface area contributed by atoms with Crippen LogP contribution in [0.4, 0.5) is 0 Å². The van der Waals surface area contributed by atoms with E-state index in [4.69, 9.17) is 4.42 Å². The molecule has 0 amide bonds. The van der Waals surface area contributed by atoms with Crippen LogP contribution in [0.5, 0.6) is 0 Å². The fourth-order valence-electron chi connectivity index (χ4n) is 0.997. The molecule has 78 valence electrons. The van der Waals surface area contributed by atoms with E-state index in [1.807, 2.05) is 13.0 Å². The van der Waals surface area contributed by atoms with Crippen molar-refractivity contribution >= 4 is 17.7 Å². The molecule has 0 unspecified atom stereocenters. The van der Waals surface area contributed by atoms with Gasteiger partial charge in [0, 0.05) is 5.75 Å². The van der Waals surface area contributed by atoms with Gasteiger partial charge in [0.15, 0.2) is 0 Å². The van der Waals surface area contributed by atoms with Gasteiger partial charge in [-0.25, -0.2) is 0 Å². The first-order chi connectivity index (χ1) is 6.72. The van der Waals surface area contributed by atoms with Crippen molar-refractivity contribution in [1.82, 2.24) is 0 Å². The molecule has 0 fully saturated rings. The topological polar surface area (TPSA) is 39.4 Å². The summed E-state index contributed by atoms with van der Waals surface area (Å²) in [6.45, 7) is 1.99. The third-order valence-electron chi connectivity index (χ3n) is 1.71. The third-order valence-corrected chi connectivity index (χ3v) is 2.69. The van der Waals surface area contributed by atoms with Crippen LogP contribution in [-0.4, -0.2) is 18.8 Å². The summed E-state index contributed by atoms with van der Waals surface area (Å²) in [5, 5.41) is 0. The van der Waals surface area contributed by atoms with Gasteiger partial charge in [-0.15, -0.1) is 0 Å². The number of rotatable bonds is 5. The number of carbonyl (C=O) groups is 1. The molecule has 1 heterocycles. The van der Waals surface area contributed by atoms with Gasteiger partial charge in [0.05, 0.1) is 25.5 Å². The zero-order valence-electron chi connectivity index (χ0n) is 8.41. The quantitative estimate of drug-likeness (QED) is 0.557. The molecule has 0 bridgehead atoms. The zero-order chi connectivity index (χ0) is 10.4. The second-order valence-corrected chi connectivity index (χ2v) is 4.07. The highest BCUT2D eigenvalue weighted by Crippen LogP contribution is 2.15. The Kier molecular flexibility index (Phi) is 4.59. The fraction of sp³-hybridized carbons (Fsp3) is 0.500. The van der Waals surface area contributed by atoms with Gasteiger partial charge in [-0.1, -0.05) is 0 Å². The van der Waals surface area contributed by atoms with E-state index >= 15 is 0 Å². The molecular formula is C10H14O3S. The van der Waals surface area contributed by atoms with Gasteiger partial charge in [-0.05, 0) is 18.6 Å². The minimum atomic E-state index is -0.159. The number of carbonyl (C=O) groups excluding carboxylic acids is 1. The first-order valence-corrected chi connectivity index (χ1v) is 5.56. The van der Waals surface area contributed by atoms with Crippen LogP contribution in [0, 0.1) is 6.92 Å². The van der Waals surface area contributed by atoms with E-state index in [0.717, 1.165) is 22.8 Å². The molecule has 0 radical (unpaired) electrons. The highest BCUT2D eigenvalue weighted by atomic mass is 32.2. The van der Waals surface area contributed by atoms with E-state index in [1.165, 1.54) is 7.11 Å². The Morgan fingerprint density at radius 1 is 1.64 bits per heavy atom. The predicted octanol–water partition coefficient (Wildman–Crippen LogP) is 2.38. The van der Waals surface area contributed by atoms with E-state index in [9.17, 15) is 4.79 Å². The van der Waals surface area contributed by atoms with Crippen molar-refractivity contribution in [2.75, 3.05) is 12.9 Å². The van der Waals surface area contributed by atoms with Gasteiger partial charge in [-0.2, -0.15) is 11.8 Å². The number of thioether (sulfide) groups is 1. The number of ether oxygens (including phenoxy) is 1. The molecule has 0 saturated heterocycles. The van der Waals surface area contributed by atoms with E-state index in [-0.39, 0.29) is 5.97 Å². The van der Waals surface area contributed by atoms with Gasteiger partial charge in [0.25, 0.3) is 0 Å². The number of esters is 1. The van der Waals surface area contributed by atoms with Gasteiger partial charge < -0.3 is 9.15 Å². The SMILES string of the molecule is COC(=O)CCSCc1cc(C)co1. The van der Waals surface area contributed by atoms with Crippen molar-refractivity contribution in [1.29, 1.82) is 0 Å². The van der Waals surface area contributed by atoms with Crippen molar-refractivity contribution in [2.45, 2.75) is 19.1 Å². The summed E-state index contributed by atoms with van der Waals surface area (Å²) in [5.74, 6) is 2.38. The predicted molar refractivity (Wildman–Crippen MR) is 56.2 cm³/mol. The second kappa shape index (κ2) is 5.75. The molecule has 1 aromatic heterocycles. The Morgan fingerprint density at radius 2 is 2.43 bits per heavy atom. The van der Waals surface area contributed by atoms with Crippen LogP contribution in [0.3, 0.4) is 0 Å². The Hall–Kier alpha value is -0.900. The van der Waals surface area contributed by atoms with Crippen LogP contribution in [0.2, 0.25) is 0 Å². The molecule has 14 heavy (non-hydrogen) atoms. The number of methoxy groups -OCH3 is 1. The van der Waals surface area contributed by atoms with E-state index in [2.05, 4.69) is 4.74 Å². The minimum absolute atomic E-state index is 0.159. The van der Waals surface area contributed by atoms with Crippen molar-refractivity contribution in [3.8, 4) is 0 Å². The van der Waals surface area contributed by atoms with Crippen LogP contribution in [0.25, 0.3) is 0 Å². The van der Waals surface area contributed by atoms with Crippen molar-refractivity contribution in [3.63, 3.8) is 0 Å². The average molecular weight is 214 g/mol. The molecule has 0 N–H and O–H groups in total. The van der Waals surface area contributed by atoms with Crippen LogP contribution in [-0.2, 0) is 15.3 Å². The minimum Gasteiger partial charge on any atom is -0.469 e. The molecule has 0 aliphatic rings. The van der Waals surface area contributed by atoms with Crippen LogP contribution in [0.15, 0.2) is 16.7 Å². The summed E-state index contributed by atoms with van der Waals surface area (Å²) >= 11 is 1.67. The monoisotopic (exact) mass is 214 g/mol. The standard InChI is InChI=1S/C10H14O3S/c1-8-5-9(13-6-8)7-14-4-3-10(11)12-2/h5-6H,3-4,7H2,1-2H3. The molecular weight excluding hydrogens is 200 g/mol. The zero-order valence-corrected chi connectivity index (χ0v) is 9.23. The van der Waals surface area contributed by atoms with Crippen LogP contribution >= 0.6 is 11.8 Å². The number of furan rings is 1. The molecule has 0 atom stereocenters. The van der Waals surface area contributed by atoms with E-state index in [1.54, 1.807) is 18.0 Å². The molecule has 4 heteroatoms. The molecule has 0 aliphatic carbocycles. The molecule has 0 aliphatic heterocycles. The third kappa shape index (κ3) is 3.87. The molecule has 3 nitrogen and oxygen atoms in total. The van der Waals surface area contributed by atoms with Gasteiger partial charge in [0.1, 0.15) is 5.76 Å². The molecule has 1 aromatic rings. The first kappa shape index (κ1) is 11.2. The van der Waals surface area contributed by atoms with E-state index in [0.29, 0.717) is 6.42 Å². The average Bonchev–Trinajstić information content (AvgIpc) is 2.58. The molecule has 0 aromatic carbocycles. The molecule has 0 saturated carbocycles. The summed E-state index contributed by atoms with van der Waals surface area (Å²) in [6, 6.07) is 2.01.